The van der Waals surface area contributed by atoms with Crippen molar-refractivity contribution in [3.8, 4) is 0 Å². The molecule has 0 saturated heterocycles. The number of rotatable bonds is 3. The molecule has 0 spiro atoms. The monoisotopic (exact) mass is 223 g/mol. The van der Waals surface area contributed by atoms with Gasteiger partial charge < -0.3 is 9.79 Å². The van der Waals surface area contributed by atoms with Gasteiger partial charge in [-0.3, -0.25) is 4.79 Å². The van der Waals surface area contributed by atoms with E-state index in [1.54, 1.807) is 5.48 Å². The average molecular weight is 223 g/mol. The first-order valence-electron chi connectivity index (χ1n) is 4.53. The van der Waals surface area contributed by atoms with E-state index >= 15 is 0 Å². The van der Waals surface area contributed by atoms with Crippen LogP contribution in [0.4, 0.5) is 0 Å². The Morgan fingerprint density at radius 2 is 1.86 bits per heavy atom. The fraction of sp³-hybridized carbons (Fsp3) is 0.857. The molecule has 0 aromatic heterocycles. The first-order valence-corrected chi connectivity index (χ1v) is 6.06. The zero-order valence-corrected chi connectivity index (χ0v) is 8.57. The molecule has 0 radical (unpaired) electrons. The highest BCUT2D eigenvalue weighted by Crippen LogP contribution is 2.34. The first kappa shape index (κ1) is 11.7. The second-order valence-electron chi connectivity index (χ2n) is 3.38. The van der Waals surface area contributed by atoms with Gasteiger partial charge in [0.05, 0.1) is 0 Å². The second kappa shape index (κ2) is 4.89. The van der Waals surface area contributed by atoms with Crippen LogP contribution in [0.5, 0.6) is 0 Å². The predicted molar refractivity (Wildman–Crippen MR) is 47.8 cm³/mol. The number of carbonyl (C=O) groups is 1. The minimum absolute atomic E-state index is 0.171. The molecule has 0 bridgehead atoms. The van der Waals surface area contributed by atoms with E-state index in [0.717, 1.165) is 32.1 Å². The maximum absolute atomic E-state index is 11.3. The number of carbonyl (C=O) groups excluding carboxylic acids is 1. The fourth-order valence-electron chi connectivity index (χ4n) is 1.55. The molecule has 3 N–H and O–H groups in total. The maximum atomic E-state index is 11.3. The van der Waals surface area contributed by atoms with E-state index < -0.39 is 13.7 Å². The van der Waals surface area contributed by atoms with E-state index in [-0.39, 0.29) is 5.92 Å². The van der Waals surface area contributed by atoms with Crippen LogP contribution in [0.15, 0.2) is 0 Å². The molecule has 0 atom stereocenters. The van der Waals surface area contributed by atoms with E-state index in [1.807, 2.05) is 0 Å². The van der Waals surface area contributed by atoms with Gasteiger partial charge in [-0.1, -0.05) is 19.3 Å². The number of phosphoric acid groups is 1. The lowest BCUT2D eigenvalue weighted by molar-refractivity contribution is -0.133. The summed E-state index contributed by atoms with van der Waals surface area (Å²) in [6.45, 7) is 0. The van der Waals surface area contributed by atoms with E-state index in [9.17, 15) is 9.36 Å². The molecule has 0 unspecified atom stereocenters. The van der Waals surface area contributed by atoms with Crippen LogP contribution in [0.3, 0.4) is 0 Å². The second-order valence-corrected chi connectivity index (χ2v) is 4.55. The van der Waals surface area contributed by atoms with E-state index in [1.165, 1.54) is 0 Å². The molecule has 6 nitrogen and oxygen atoms in total. The van der Waals surface area contributed by atoms with Crippen LogP contribution in [0.2, 0.25) is 0 Å². The van der Waals surface area contributed by atoms with E-state index in [0.29, 0.717) is 0 Å². The summed E-state index contributed by atoms with van der Waals surface area (Å²) in [5.41, 5.74) is 1.79. The number of amides is 1. The van der Waals surface area contributed by atoms with Crippen LogP contribution >= 0.6 is 7.82 Å². The maximum Gasteiger partial charge on any atom is 0.491 e. The van der Waals surface area contributed by atoms with E-state index in [2.05, 4.69) is 4.62 Å². The van der Waals surface area contributed by atoms with Gasteiger partial charge in [0, 0.05) is 5.92 Å². The van der Waals surface area contributed by atoms with Crippen LogP contribution < -0.4 is 5.48 Å². The Hall–Kier alpha value is -0.420. The SMILES string of the molecule is O=C(NOP(=O)(O)O)C1CCCCC1. The molecule has 0 aliphatic heterocycles. The van der Waals surface area contributed by atoms with Gasteiger partial charge in [0.2, 0.25) is 5.91 Å². The van der Waals surface area contributed by atoms with Crippen LogP contribution in [0.25, 0.3) is 0 Å². The summed E-state index contributed by atoms with van der Waals surface area (Å²) in [6, 6.07) is 0. The highest BCUT2D eigenvalue weighted by Gasteiger charge is 2.24. The quantitative estimate of drug-likeness (QED) is 0.483. The largest absolute Gasteiger partial charge is 0.491 e. The molecule has 82 valence electrons. The summed E-state index contributed by atoms with van der Waals surface area (Å²) in [5, 5.41) is 0. The average Bonchev–Trinajstić information content (AvgIpc) is 2.14. The van der Waals surface area contributed by atoms with Crippen molar-refractivity contribution < 1.29 is 23.8 Å². The Bertz CT molecular complexity index is 244. The Kier molecular flexibility index (Phi) is 4.07. The summed E-state index contributed by atoms with van der Waals surface area (Å²) < 4.78 is 14.2. The van der Waals surface area contributed by atoms with Gasteiger partial charge in [-0.25, -0.2) is 10.0 Å². The van der Waals surface area contributed by atoms with Crippen molar-refractivity contribution in [2.24, 2.45) is 5.92 Å². The molecule has 1 rings (SSSR count). The third kappa shape index (κ3) is 4.19. The van der Waals surface area contributed by atoms with Gasteiger partial charge in [-0.2, -0.15) is 4.62 Å². The minimum atomic E-state index is -4.60. The van der Waals surface area contributed by atoms with Gasteiger partial charge in [-0.15, -0.1) is 0 Å². The van der Waals surface area contributed by atoms with Crippen LogP contribution in [-0.2, 0) is 14.0 Å². The summed E-state index contributed by atoms with van der Waals surface area (Å²) in [5.74, 6) is -0.608. The standard InChI is InChI=1S/C7H14NO5P/c9-7(8-13-14(10,11)12)6-4-2-1-3-5-6/h6H,1-5H2,(H,8,9)(H2,10,11,12). The molecule has 1 aliphatic carbocycles. The smallest absolute Gasteiger partial charge is 0.301 e. The molecule has 0 aromatic rings. The zero-order valence-electron chi connectivity index (χ0n) is 7.68. The first-order chi connectivity index (χ1) is 6.49. The summed E-state index contributed by atoms with van der Waals surface area (Å²) in [4.78, 5) is 27.9. The van der Waals surface area contributed by atoms with Crippen LogP contribution in [-0.4, -0.2) is 15.7 Å². The Balaban J connectivity index is 2.30. The molecule has 7 heteroatoms. The van der Waals surface area contributed by atoms with Gasteiger partial charge in [-0.05, 0) is 12.8 Å². The lowest BCUT2D eigenvalue weighted by Crippen LogP contribution is -2.31. The topological polar surface area (TPSA) is 95.9 Å². The molecule has 1 saturated carbocycles. The number of nitrogens with one attached hydrogen (secondary N) is 1. The summed E-state index contributed by atoms with van der Waals surface area (Å²) in [7, 11) is -4.60. The fourth-order valence-corrected chi connectivity index (χ4v) is 1.76. The van der Waals surface area contributed by atoms with Gasteiger partial charge in [0.25, 0.3) is 0 Å². The molecule has 14 heavy (non-hydrogen) atoms. The summed E-state index contributed by atoms with van der Waals surface area (Å²) in [6.07, 6.45) is 4.60. The van der Waals surface area contributed by atoms with Crippen molar-refractivity contribution >= 4 is 13.7 Å². The minimum Gasteiger partial charge on any atom is -0.301 e. The van der Waals surface area contributed by atoms with Crippen molar-refractivity contribution in [2.75, 3.05) is 0 Å². The Labute approximate surface area is 81.8 Å². The molecule has 0 heterocycles. The van der Waals surface area contributed by atoms with Crippen LogP contribution in [0.1, 0.15) is 32.1 Å². The molecule has 1 fully saturated rings. The van der Waals surface area contributed by atoms with Crippen molar-refractivity contribution in [3.05, 3.63) is 0 Å². The summed E-state index contributed by atoms with van der Waals surface area (Å²) >= 11 is 0. The van der Waals surface area contributed by atoms with Gasteiger partial charge >= 0.3 is 7.82 Å². The van der Waals surface area contributed by atoms with E-state index in [4.69, 9.17) is 9.79 Å². The molecule has 0 aromatic carbocycles. The Morgan fingerprint density at radius 1 is 1.29 bits per heavy atom. The molecule has 1 amide bonds. The molecule has 1 aliphatic rings. The highest BCUT2D eigenvalue weighted by molar-refractivity contribution is 7.46. The van der Waals surface area contributed by atoms with Gasteiger partial charge in [0.15, 0.2) is 0 Å². The third-order valence-corrected chi connectivity index (χ3v) is 2.57. The zero-order chi connectivity index (χ0) is 10.6. The molecular formula is C7H14NO5P. The molecular weight excluding hydrogens is 209 g/mol. The van der Waals surface area contributed by atoms with Crippen LogP contribution in [0, 0.1) is 5.92 Å². The predicted octanol–water partition coefficient (Wildman–Crippen LogP) is 0.707. The van der Waals surface area contributed by atoms with Crippen molar-refractivity contribution in [2.45, 2.75) is 32.1 Å². The lowest BCUT2D eigenvalue weighted by Gasteiger charge is -2.20. The number of hydrogen-bond donors (Lipinski definition) is 3. The van der Waals surface area contributed by atoms with Crippen molar-refractivity contribution in [3.63, 3.8) is 0 Å². The number of hydrogen-bond acceptors (Lipinski definition) is 3. The third-order valence-electron chi connectivity index (χ3n) is 2.24. The van der Waals surface area contributed by atoms with Crippen molar-refractivity contribution in [1.29, 1.82) is 0 Å². The highest BCUT2D eigenvalue weighted by atomic mass is 31.2. The Morgan fingerprint density at radius 3 is 2.36 bits per heavy atom. The normalized spacial score (nSPS) is 19.3. The van der Waals surface area contributed by atoms with Crippen molar-refractivity contribution in [1.82, 2.24) is 5.48 Å². The lowest BCUT2D eigenvalue weighted by atomic mass is 9.89. The number of hydroxylamine groups is 1. The van der Waals surface area contributed by atoms with Gasteiger partial charge in [0.1, 0.15) is 0 Å².